The van der Waals surface area contributed by atoms with Gasteiger partial charge in [0.15, 0.2) is 0 Å². The zero-order valence-corrected chi connectivity index (χ0v) is 19.5. The predicted molar refractivity (Wildman–Crippen MR) is 150 cm³/mol. The van der Waals surface area contributed by atoms with Gasteiger partial charge in [-0.2, -0.15) is 0 Å². The van der Waals surface area contributed by atoms with Crippen molar-refractivity contribution >= 4 is 60.4 Å². The highest BCUT2D eigenvalue weighted by molar-refractivity contribution is 6.33. The van der Waals surface area contributed by atoms with E-state index in [4.69, 9.17) is 0 Å². The smallest absolute Gasteiger partial charge is 0.0575 e. The Morgan fingerprint density at radius 2 is 0.971 bits per heavy atom. The van der Waals surface area contributed by atoms with Crippen LogP contribution in [0.2, 0.25) is 0 Å². The van der Waals surface area contributed by atoms with Gasteiger partial charge in [-0.1, -0.05) is 91.0 Å². The van der Waals surface area contributed by atoms with Gasteiger partial charge in [-0.05, 0) is 52.6 Å². The lowest BCUT2D eigenvalue weighted by Crippen LogP contribution is -2.10. The quantitative estimate of drug-likeness (QED) is 0.245. The van der Waals surface area contributed by atoms with Gasteiger partial charge in [-0.25, -0.2) is 0 Å². The van der Waals surface area contributed by atoms with E-state index < -0.39 is 0 Å². The zero-order chi connectivity index (χ0) is 23.4. The van der Waals surface area contributed by atoms with Crippen molar-refractivity contribution in [3.05, 3.63) is 127 Å². The van der Waals surface area contributed by atoms with E-state index in [1.807, 2.05) is 0 Å². The predicted octanol–water partition coefficient (Wildman–Crippen LogP) is 9.11. The highest BCUT2D eigenvalue weighted by Gasteiger charge is 2.22. The Morgan fingerprint density at radius 3 is 1.60 bits per heavy atom. The second-order valence-electron chi connectivity index (χ2n) is 9.05. The maximum absolute atomic E-state index is 2.38. The van der Waals surface area contributed by atoms with E-state index in [0.717, 1.165) is 11.4 Å². The van der Waals surface area contributed by atoms with Crippen LogP contribution in [0.25, 0.3) is 43.4 Å². The molecule has 1 aromatic heterocycles. The van der Waals surface area contributed by atoms with Gasteiger partial charge in [0, 0.05) is 34.6 Å². The Labute approximate surface area is 204 Å². The highest BCUT2D eigenvalue weighted by Crippen LogP contribution is 2.46. The number of aromatic nitrogens is 1. The van der Waals surface area contributed by atoms with Crippen LogP contribution in [0.4, 0.5) is 17.1 Å². The number of aryl methyl sites for hydroxylation is 1. The van der Waals surface area contributed by atoms with Crippen molar-refractivity contribution in [1.29, 1.82) is 0 Å². The molecule has 0 aliphatic heterocycles. The molecule has 0 amide bonds. The first-order valence-electron chi connectivity index (χ1n) is 12.0. The second kappa shape index (κ2) is 7.75. The summed E-state index contributed by atoms with van der Waals surface area (Å²) in [6, 6.07) is 45.6. The summed E-state index contributed by atoms with van der Waals surface area (Å²) in [5, 5.41) is 7.76. The minimum absolute atomic E-state index is 1.15. The Morgan fingerprint density at radius 1 is 0.457 bits per heavy atom. The van der Waals surface area contributed by atoms with Gasteiger partial charge in [0.2, 0.25) is 0 Å². The zero-order valence-electron chi connectivity index (χ0n) is 19.5. The summed E-state index contributed by atoms with van der Waals surface area (Å²) < 4.78 is 2.37. The Balaban J connectivity index is 1.71. The van der Waals surface area contributed by atoms with Gasteiger partial charge in [-0.3, -0.25) is 0 Å². The molecule has 0 N–H and O–H groups in total. The van der Waals surface area contributed by atoms with Crippen molar-refractivity contribution in [3.63, 3.8) is 0 Å². The van der Waals surface area contributed by atoms with E-state index in [-0.39, 0.29) is 0 Å². The van der Waals surface area contributed by atoms with Crippen LogP contribution in [-0.2, 0) is 7.05 Å². The Bertz CT molecular complexity index is 1810. The number of anilines is 3. The highest BCUT2D eigenvalue weighted by atomic mass is 15.1. The summed E-state index contributed by atoms with van der Waals surface area (Å²) in [7, 11) is 2.20. The molecule has 0 atom stereocenters. The maximum atomic E-state index is 2.38. The molecule has 0 aliphatic carbocycles. The molecule has 7 rings (SSSR count). The average Bonchev–Trinajstić information content (AvgIpc) is 3.24. The summed E-state index contributed by atoms with van der Waals surface area (Å²) in [6.07, 6.45) is 0. The van der Waals surface area contributed by atoms with Crippen molar-refractivity contribution in [2.45, 2.75) is 0 Å². The summed E-state index contributed by atoms with van der Waals surface area (Å²) in [5.74, 6) is 0. The van der Waals surface area contributed by atoms with Gasteiger partial charge in [0.25, 0.3) is 0 Å². The molecule has 0 bridgehead atoms. The van der Waals surface area contributed by atoms with E-state index >= 15 is 0 Å². The van der Waals surface area contributed by atoms with Gasteiger partial charge >= 0.3 is 0 Å². The fraction of sp³-hybridized carbons (Fsp3) is 0.0303. The Hall–Kier alpha value is -4.56. The van der Waals surface area contributed by atoms with Crippen LogP contribution in [0.1, 0.15) is 0 Å². The lowest BCUT2D eigenvalue weighted by Gasteiger charge is -2.26. The van der Waals surface area contributed by atoms with Crippen LogP contribution < -0.4 is 4.90 Å². The lowest BCUT2D eigenvalue weighted by molar-refractivity contribution is 1.02. The third kappa shape index (κ3) is 2.90. The lowest BCUT2D eigenvalue weighted by atomic mass is 9.96. The summed E-state index contributed by atoms with van der Waals surface area (Å²) in [5.41, 5.74) is 5.99. The number of benzene rings is 6. The molecule has 0 saturated heterocycles. The molecule has 0 saturated carbocycles. The van der Waals surface area contributed by atoms with Gasteiger partial charge in [0.05, 0.1) is 16.7 Å². The SMILES string of the molecule is Cn1c2cccc(N(c3ccccc3)c3ccccc3)c2c2c3ccccc3c3ccccc3c21. The van der Waals surface area contributed by atoms with E-state index in [1.54, 1.807) is 0 Å². The van der Waals surface area contributed by atoms with Crippen molar-refractivity contribution in [2.75, 3.05) is 4.90 Å². The van der Waals surface area contributed by atoms with Crippen LogP contribution in [0.5, 0.6) is 0 Å². The normalized spacial score (nSPS) is 11.6. The number of nitrogens with zero attached hydrogens (tertiary/aromatic N) is 2. The number of hydrogen-bond donors (Lipinski definition) is 0. The van der Waals surface area contributed by atoms with E-state index in [2.05, 4.69) is 144 Å². The largest absolute Gasteiger partial charge is 0.343 e. The Kier molecular flexibility index (Phi) is 4.40. The fourth-order valence-corrected chi connectivity index (χ4v) is 5.68. The molecule has 0 unspecified atom stereocenters. The van der Waals surface area contributed by atoms with E-state index in [0.29, 0.717) is 0 Å². The van der Waals surface area contributed by atoms with E-state index in [9.17, 15) is 0 Å². The van der Waals surface area contributed by atoms with Crippen LogP contribution in [0.3, 0.4) is 0 Å². The first kappa shape index (κ1) is 19.9. The molecule has 0 spiro atoms. The van der Waals surface area contributed by atoms with Gasteiger partial charge in [0.1, 0.15) is 0 Å². The molecule has 0 fully saturated rings. The van der Waals surface area contributed by atoms with Gasteiger partial charge < -0.3 is 9.47 Å². The van der Waals surface area contributed by atoms with Crippen LogP contribution in [0.15, 0.2) is 127 Å². The average molecular weight is 449 g/mol. The van der Waals surface area contributed by atoms with Gasteiger partial charge in [-0.15, -0.1) is 0 Å². The molecule has 1 heterocycles. The fourth-order valence-electron chi connectivity index (χ4n) is 5.68. The molecular weight excluding hydrogens is 424 g/mol. The number of hydrogen-bond acceptors (Lipinski definition) is 1. The molecular formula is C33H24N2. The monoisotopic (exact) mass is 448 g/mol. The van der Waals surface area contributed by atoms with Crippen LogP contribution in [0, 0.1) is 0 Å². The molecule has 2 heteroatoms. The van der Waals surface area contributed by atoms with E-state index in [1.165, 1.54) is 49.0 Å². The molecule has 6 aromatic carbocycles. The molecule has 0 radical (unpaired) electrons. The molecule has 166 valence electrons. The number of rotatable bonds is 3. The van der Waals surface area contributed by atoms with Crippen molar-refractivity contribution in [3.8, 4) is 0 Å². The second-order valence-corrected chi connectivity index (χ2v) is 9.05. The summed E-state index contributed by atoms with van der Waals surface area (Å²) in [6.45, 7) is 0. The first-order valence-corrected chi connectivity index (χ1v) is 12.0. The maximum Gasteiger partial charge on any atom is 0.0575 e. The topological polar surface area (TPSA) is 8.17 Å². The standard InChI is InChI=1S/C33H24N2/c1-34-29-21-12-22-30(35(23-13-4-2-5-14-23)24-15-6-3-7-16-24)32(29)31-27-19-10-8-17-25(27)26-18-9-11-20-28(26)33(31)34/h2-22H,1H3. The van der Waals surface area contributed by atoms with Crippen LogP contribution >= 0.6 is 0 Å². The van der Waals surface area contributed by atoms with Crippen molar-refractivity contribution < 1.29 is 0 Å². The number of para-hydroxylation sites is 2. The first-order chi connectivity index (χ1) is 17.3. The minimum atomic E-state index is 1.15. The van der Waals surface area contributed by atoms with Crippen molar-refractivity contribution in [2.24, 2.45) is 7.05 Å². The molecule has 0 aliphatic rings. The third-order valence-corrected chi connectivity index (χ3v) is 7.14. The summed E-state index contributed by atoms with van der Waals surface area (Å²) in [4.78, 5) is 2.38. The molecule has 35 heavy (non-hydrogen) atoms. The summed E-state index contributed by atoms with van der Waals surface area (Å²) >= 11 is 0. The molecule has 7 aromatic rings. The van der Waals surface area contributed by atoms with Crippen LogP contribution in [-0.4, -0.2) is 4.57 Å². The third-order valence-electron chi connectivity index (χ3n) is 7.14. The minimum Gasteiger partial charge on any atom is -0.343 e. The molecule has 2 nitrogen and oxygen atoms in total. The number of fused-ring (bicyclic) bond motifs is 8. The van der Waals surface area contributed by atoms with Crippen molar-refractivity contribution in [1.82, 2.24) is 4.57 Å².